The minimum absolute atomic E-state index is 0.244. The van der Waals surface area contributed by atoms with Crippen LogP contribution in [-0.2, 0) is 13.0 Å². The Morgan fingerprint density at radius 2 is 1.78 bits per heavy atom. The number of aryl methyl sites for hydroxylation is 2. The Morgan fingerprint density at radius 3 is 2.56 bits per heavy atom. The number of rotatable bonds is 3. The highest BCUT2D eigenvalue weighted by atomic mass is 19.1. The molecule has 27 heavy (non-hydrogen) atoms. The van der Waals surface area contributed by atoms with Gasteiger partial charge in [-0.1, -0.05) is 24.3 Å². The third kappa shape index (κ3) is 3.50. The molecular weight excluding hydrogens is 339 g/mol. The van der Waals surface area contributed by atoms with Gasteiger partial charge in [0.25, 0.3) is 0 Å². The summed E-state index contributed by atoms with van der Waals surface area (Å²) in [6.45, 7) is 7.72. The molecule has 0 saturated heterocycles. The summed E-state index contributed by atoms with van der Waals surface area (Å²) < 4.78 is 13.4. The Hall–Kier alpha value is -2.95. The minimum atomic E-state index is -0.244. The molecule has 1 aliphatic heterocycles. The van der Waals surface area contributed by atoms with E-state index in [9.17, 15) is 4.39 Å². The number of benzene rings is 2. The van der Waals surface area contributed by atoms with Gasteiger partial charge in [0.15, 0.2) is 0 Å². The van der Waals surface area contributed by atoms with E-state index in [1.807, 2.05) is 13.8 Å². The molecule has 4 nitrogen and oxygen atoms in total. The van der Waals surface area contributed by atoms with Crippen LogP contribution in [0.4, 0.5) is 21.8 Å². The number of nitrogens with one attached hydrogen (secondary N) is 1. The molecule has 0 radical (unpaired) electrons. The van der Waals surface area contributed by atoms with Gasteiger partial charge in [-0.25, -0.2) is 9.37 Å². The zero-order chi connectivity index (χ0) is 19.0. The normalized spacial score (nSPS) is 13.4. The van der Waals surface area contributed by atoms with E-state index in [0.29, 0.717) is 5.95 Å². The Balaban J connectivity index is 1.66. The Kier molecular flexibility index (Phi) is 4.52. The van der Waals surface area contributed by atoms with Crippen molar-refractivity contribution in [1.29, 1.82) is 0 Å². The average molecular weight is 362 g/mol. The summed E-state index contributed by atoms with van der Waals surface area (Å²) in [5, 5.41) is 3.25. The molecule has 1 aromatic heterocycles. The summed E-state index contributed by atoms with van der Waals surface area (Å²) in [5.74, 6) is 1.26. The van der Waals surface area contributed by atoms with Gasteiger partial charge in [0, 0.05) is 30.0 Å². The molecule has 0 fully saturated rings. The monoisotopic (exact) mass is 362 g/mol. The number of anilines is 3. The highest BCUT2D eigenvalue weighted by Gasteiger charge is 2.20. The van der Waals surface area contributed by atoms with Crippen LogP contribution in [0.1, 0.15) is 27.9 Å². The third-order valence-electron chi connectivity index (χ3n) is 5.23. The van der Waals surface area contributed by atoms with Crippen LogP contribution >= 0.6 is 0 Å². The van der Waals surface area contributed by atoms with Gasteiger partial charge in [-0.15, -0.1) is 0 Å². The Morgan fingerprint density at radius 1 is 1.00 bits per heavy atom. The molecule has 1 aliphatic rings. The molecule has 0 bridgehead atoms. The fraction of sp³-hybridized carbons (Fsp3) is 0.273. The molecule has 0 atom stereocenters. The van der Waals surface area contributed by atoms with Crippen LogP contribution in [-0.4, -0.2) is 16.5 Å². The van der Waals surface area contributed by atoms with Gasteiger partial charge in [-0.3, -0.25) is 0 Å². The number of halogens is 1. The maximum absolute atomic E-state index is 13.4. The van der Waals surface area contributed by atoms with Crippen LogP contribution in [0, 0.1) is 26.6 Å². The van der Waals surface area contributed by atoms with Gasteiger partial charge < -0.3 is 10.2 Å². The maximum Gasteiger partial charge on any atom is 0.229 e. The smallest absolute Gasteiger partial charge is 0.229 e. The molecule has 3 aromatic rings. The Bertz CT molecular complexity index is 1000. The first-order valence-electron chi connectivity index (χ1n) is 9.21. The van der Waals surface area contributed by atoms with Gasteiger partial charge in [0.1, 0.15) is 11.6 Å². The number of hydrogen-bond acceptors (Lipinski definition) is 4. The number of nitrogens with zero attached hydrogens (tertiary/aromatic N) is 3. The van der Waals surface area contributed by atoms with Crippen molar-refractivity contribution in [3.8, 4) is 0 Å². The van der Waals surface area contributed by atoms with Crippen molar-refractivity contribution in [2.75, 3.05) is 16.8 Å². The van der Waals surface area contributed by atoms with E-state index in [1.165, 1.54) is 23.3 Å². The fourth-order valence-corrected chi connectivity index (χ4v) is 3.54. The lowest BCUT2D eigenvalue weighted by molar-refractivity contribution is 0.627. The lowest BCUT2D eigenvalue weighted by Crippen LogP contribution is -2.32. The van der Waals surface area contributed by atoms with Crippen molar-refractivity contribution in [3.63, 3.8) is 0 Å². The first kappa shape index (κ1) is 17.5. The molecule has 1 N–H and O–H groups in total. The second-order valence-electron chi connectivity index (χ2n) is 7.11. The summed E-state index contributed by atoms with van der Waals surface area (Å²) in [7, 11) is 0. The molecule has 0 amide bonds. The molecule has 0 saturated carbocycles. The molecule has 2 aromatic carbocycles. The molecular formula is C22H23FN4. The van der Waals surface area contributed by atoms with Crippen LogP contribution < -0.4 is 10.2 Å². The van der Waals surface area contributed by atoms with Gasteiger partial charge in [0.05, 0.1) is 0 Å². The van der Waals surface area contributed by atoms with E-state index in [4.69, 9.17) is 4.98 Å². The largest absolute Gasteiger partial charge is 0.352 e. The van der Waals surface area contributed by atoms with Crippen molar-refractivity contribution in [2.45, 2.75) is 33.7 Å². The van der Waals surface area contributed by atoms with E-state index in [2.05, 4.69) is 46.4 Å². The highest BCUT2D eigenvalue weighted by molar-refractivity contribution is 5.61. The van der Waals surface area contributed by atoms with E-state index in [-0.39, 0.29) is 5.82 Å². The van der Waals surface area contributed by atoms with Crippen molar-refractivity contribution in [3.05, 3.63) is 76.2 Å². The van der Waals surface area contributed by atoms with Gasteiger partial charge in [0.2, 0.25) is 5.95 Å². The van der Waals surface area contributed by atoms with Gasteiger partial charge in [-0.05, 0) is 62.1 Å². The molecule has 138 valence electrons. The zero-order valence-electron chi connectivity index (χ0n) is 15.9. The lowest BCUT2D eigenvalue weighted by Gasteiger charge is -2.31. The van der Waals surface area contributed by atoms with Crippen molar-refractivity contribution >= 4 is 17.5 Å². The summed E-state index contributed by atoms with van der Waals surface area (Å²) in [5.41, 5.74) is 6.44. The first-order chi connectivity index (χ1) is 13.0. The van der Waals surface area contributed by atoms with Crippen LogP contribution in [0.25, 0.3) is 0 Å². The van der Waals surface area contributed by atoms with E-state index in [0.717, 1.165) is 47.8 Å². The highest BCUT2D eigenvalue weighted by Crippen LogP contribution is 2.28. The van der Waals surface area contributed by atoms with Crippen LogP contribution in [0.5, 0.6) is 0 Å². The maximum atomic E-state index is 13.4. The number of fused-ring (bicyclic) bond motifs is 1. The van der Waals surface area contributed by atoms with E-state index in [1.54, 1.807) is 6.07 Å². The molecule has 2 heterocycles. The van der Waals surface area contributed by atoms with Gasteiger partial charge >= 0.3 is 0 Å². The predicted molar refractivity (Wildman–Crippen MR) is 107 cm³/mol. The number of hydrogen-bond donors (Lipinski definition) is 1. The second kappa shape index (κ2) is 6.99. The quantitative estimate of drug-likeness (QED) is 0.723. The zero-order valence-corrected chi connectivity index (χ0v) is 15.9. The fourth-order valence-electron chi connectivity index (χ4n) is 3.54. The van der Waals surface area contributed by atoms with Crippen LogP contribution in [0.3, 0.4) is 0 Å². The van der Waals surface area contributed by atoms with Crippen LogP contribution in [0.2, 0.25) is 0 Å². The van der Waals surface area contributed by atoms with Crippen molar-refractivity contribution in [2.24, 2.45) is 0 Å². The molecule has 0 aliphatic carbocycles. The standard InChI is InChI=1S/C22H23FN4/c1-14-12-19(23)8-9-20(14)25-22-24-16(3)15(2)21(26-22)27-11-10-17-6-4-5-7-18(17)13-27/h4-9,12H,10-11,13H2,1-3H3,(H,24,25,26). The SMILES string of the molecule is Cc1cc(F)ccc1Nc1nc(C)c(C)c(N2CCc3ccccc3C2)n1. The van der Waals surface area contributed by atoms with Crippen molar-refractivity contribution in [1.82, 2.24) is 9.97 Å². The predicted octanol–water partition coefficient (Wildman–Crippen LogP) is 4.85. The molecule has 4 rings (SSSR count). The summed E-state index contributed by atoms with van der Waals surface area (Å²) >= 11 is 0. The first-order valence-corrected chi connectivity index (χ1v) is 9.21. The molecule has 5 heteroatoms. The summed E-state index contributed by atoms with van der Waals surface area (Å²) in [6, 6.07) is 13.2. The van der Waals surface area contributed by atoms with E-state index >= 15 is 0 Å². The van der Waals surface area contributed by atoms with Crippen LogP contribution in [0.15, 0.2) is 42.5 Å². The van der Waals surface area contributed by atoms with Crippen molar-refractivity contribution < 1.29 is 4.39 Å². The topological polar surface area (TPSA) is 41.1 Å². The number of aromatic nitrogens is 2. The van der Waals surface area contributed by atoms with E-state index < -0.39 is 0 Å². The summed E-state index contributed by atoms with van der Waals surface area (Å²) in [6.07, 6.45) is 1.01. The third-order valence-corrected chi connectivity index (χ3v) is 5.23. The molecule has 0 spiro atoms. The lowest BCUT2D eigenvalue weighted by atomic mass is 9.99. The summed E-state index contributed by atoms with van der Waals surface area (Å²) in [4.78, 5) is 11.7. The molecule has 0 unspecified atom stereocenters. The average Bonchev–Trinajstić information content (AvgIpc) is 2.66. The Labute approximate surface area is 159 Å². The second-order valence-corrected chi connectivity index (χ2v) is 7.11. The minimum Gasteiger partial charge on any atom is -0.352 e. The van der Waals surface area contributed by atoms with Gasteiger partial charge in [-0.2, -0.15) is 4.98 Å².